The van der Waals surface area contributed by atoms with Crippen LogP contribution in [0.1, 0.15) is 16.3 Å². The van der Waals surface area contributed by atoms with Crippen molar-refractivity contribution in [2.75, 3.05) is 32.1 Å². The third-order valence-corrected chi connectivity index (χ3v) is 6.42. The van der Waals surface area contributed by atoms with Crippen LogP contribution in [0.15, 0.2) is 53.5 Å². The number of ether oxygens (including phenoxy) is 1. The molecule has 30 heavy (non-hydrogen) atoms. The monoisotopic (exact) mass is 419 g/mol. The summed E-state index contributed by atoms with van der Waals surface area (Å²) in [6.45, 7) is 4.73. The second-order valence-corrected chi connectivity index (χ2v) is 8.80. The highest BCUT2D eigenvalue weighted by molar-refractivity contribution is 7.16. The van der Waals surface area contributed by atoms with Gasteiger partial charge in [0.1, 0.15) is 16.4 Å². The van der Waals surface area contributed by atoms with Crippen molar-refractivity contribution in [1.82, 2.24) is 15.2 Å². The molecule has 3 heterocycles. The quantitative estimate of drug-likeness (QED) is 0.669. The van der Waals surface area contributed by atoms with E-state index in [9.17, 15) is 0 Å². The maximum absolute atomic E-state index is 5.55. The van der Waals surface area contributed by atoms with Gasteiger partial charge in [0.05, 0.1) is 23.5 Å². The number of anilines is 2. The number of aliphatic imine (C=N–C) groups is 1. The highest BCUT2D eigenvalue weighted by atomic mass is 32.1. The van der Waals surface area contributed by atoms with Gasteiger partial charge in [0.15, 0.2) is 5.84 Å². The fourth-order valence-corrected chi connectivity index (χ4v) is 4.97. The number of para-hydroxylation sites is 3. The molecule has 5 rings (SSSR count). The third-order valence-electron chi connectivity index (χ3n) is 5.54. The van der Waals surface area contributed by atoms with E-state index in [0.717, 1.165) is 64.7 Å². The number of amidine groups is 1. The van der Waals surface area contributed by atoms with Crippen LogP contribution < -0.4 is 15.4 Å². The van der Waals surface area contributed by atoms with Crippen molar-refractivity contribution in [1.29, 1.82) is 0 Å². The highest BCUT2D eigenvalue weighted by Crippen LogP contribution is 2.37. The lowest BCUT2D eigenvalue weighted by atomic mass is 10.0. The predicted molar refractivity (Wildman–Crippen MR) is 123 cm³/mol. The molecular formula is C23H25N5OS. The number of aryl methyl sites for hydroxylation is 1. The van der Waals surface area contributed by atoms with Gasteiger partial charge in [-0.1, -0.05) is 30.3 Å². The first kappa shape index (κ1) is 19.1. The van der Waals surface area contributed by atoms with E-state index in [1.807, 2.05) is 31.2 Å². The number of piperazine rings is 1. The van der Waals surface area contributed by atoms with Gasteiger partial charge in [-0.3, -0.25) is 0 Å². The minimum absolute atomic E-state index is 0.312. The number of rotatable bonds is 3. The standard InChI is InChI=1S/C23H25N5OS/c1-15-25-21-22(26-18-8-4-5-9-19(18)27-23(21)30-15)28-12-11-24-17(14-28)13-16-7-3-6-10-20(16)29-2/h3-10,17,24,27H,11-14H2,1-2H3/t17-/m0/s1. The topological polar surface area (TPSA) is 61.8 Å². The number of thiazole rings is 1. The summed E-state index contributed by atoms with van der Waals surface area (Å²) in [6, 6.07) is 16.8. The molecule has 0 bridgehead atoms. The lowest BCUT2D eigenvalue weighted by Crippen LogP contribution is -2.53. The van der Waals surface area contributed by atoms with Crippen molar-refractivity contribution >= 4 is 33.5 Å². The van der Waals surface area contributed by atoms with Gasteiger partial charge in [-0.15, -0.1) is 11.3 Å². The summed E-state index contributed by atoms with van der Waals surface area (Å²) in [5.41, 5.74) is 4.15. The number of hydrogen-bond donors (Lipinski definition) is 2. The fraction of sp³-hybridized carbons (Fsp3) is 0.304. The second kappa shape index (κ2) is 8.08. The molecule has 2 aromatic carbocycles. The van der Waals surface area contributed by atoms with Gasteiger partial charge < -0.3 is 20.3 Å². The lowest BCUT2D eigenvalue weighted by Gasteiger charge is -2.35. The molecule has 1 aromatic heterocycles. The Morgan fingerprint density at radius 2 is 2.00 bits per heavy atom. The normalized spacial score (nSPS) is 18.0. The van der Waals surface area contributed by atoms with Gasteiger partial charge >= 0.3 is 0 Å². The van der Waals surface area contributed by atoms with Crippen LogP contribution in [0, 0.1) is 6.92 Å². The van der Waals surface area contributed by atoms with Crippen molar-refractivity contribution < 1.29 is 4.74 Å². The van der Waals surface area contributed by atoms with E-state index in [2.05, 4.69) is 39.8 Å². The zero-order chi connectivity index (χ0) is 20.5. The largest absolute Gasteiger partial charge is 0.496 e. The Morgan fingerprint density at radius 1 is 1.17 bits per heavy atom. The summed E-state index contributed by atoms with van der Waals surface area (Å²) in [6.07, 6.45) is 0.908. The second-order valence-electron chi connectivity index (χ2n) is 7.60. The van der Waals surface area contributed by atoms with E-state index in [0.29, 0.717) is 6.04 Å². The van der Waals surface area contributed by atoms with Gasteiger partial charge in [0, 0.05) is 25.7 Å². The van der Waals surface area contributed by atoms with Crippen LogP contribution in [-0.2, 0) is 6.42 Å². The van der Waals surface area contributed by atoms with Crippen molar-refractivity contribution in [3.63, 3.8) is 0 Å². The van der Waals surface area contributed by atoms with Gasteiger partial charge in [0.2, 0.25) is 0 Å². The Balaban J connectivity index is 1.46. The molecule has 1 fully saturated rings. The number of hydrogen-bond acceptors (Lipinski definition) is 7. The molecule has 2 N–H and O–H groups in total. The minimum atomic E-state index is 0.312. The van der Waals surface area contributed by atoms with E-state index in [-0.39, 0.29) is 0 Å². The summed E-state index contributed by atoms with van der Waals surface area (Å²) in [7, 11) is 1.73. The summed E-state index contributed by atoms with van der Waals surface area (Å²) >= 11 is 1.68. The molecule has 2 aliphatic heterocycles. The molecule has 0 aliphatic carbocycles. The smallest absolute Gasteiger partial charge is 0.158 e. The minimum Gasteiger partial charge on any atom is -0.496 e. The summed E-state index contributed by atoms with van der Waals surface area (Å²) in [4.78, 5) is 12.3. The van der Waals surface area contributed by atoms with E-state index in [1.54, 1.807) is 18.4 Å². The Labute approximate surface area is 180 Å². The molecule has 0 amide bonds. The zero-order valence-electron chi connectivity index (χ0n) is 17.2. The van der Waals surface area contributed by atoms with Gasteiger partial charge in [-0.05, 0) is 37.1 Å². The first-order chi connectivity index (χ1) is 14.7. The Kier molecular flexibility index (Phi) is 5.14. The molecule has 0 saturated carbocycles. The van der Waals surface area contributed by atoms with Crippen molar-refractivity contribution in [2.45, 2.75) is 19.4 Å². The fourth-order valence-electron chi connectivity index (χ4n) is 4.14. The molecule has 1 atom stereocenters. The molecule has 0 radical (unpaired) electrons. The molecular weight excluding hydrogens is 394 g/mol. The third kappa shape index (κ3) is 3.66. The number of nitrogens with one attached hydrogen (secondary N) is 2. The van der Waals surface area contributed by atoms with Gasteiger partial charge in [0.25, 0.3) is 0 Å². The van der Waals surface area contributed by atoms with Crippen LogP contribution in [0.4, 0.5) is 16.4 Å². The zero-order valence-corrected chi connectivity index (χ0v) is 18.0. The van der Waals surface area contributed by atoms with E-state index >= 15 is 0 Å². The maximum Gasteiger partial charge on any atom is 0.158 e. The molecule has 0 unspecified atom stereocenters. The summed E-state index contributed by atoms with van der Waals surface area (Å²) in [5.74, 6) is 1.90. The van der Waals surface area contributed by atoms with E-state index in [4.69, 9.17) is 14.7 Å². The first-order valence-corrected chi connectivity index (χ1v) is 11.1. The summed E-state index contributed by atoms with van der Waals surface area (Å²) < 4.78 is 5.55. The number of benzene rings is 2. The van der Waals surface area contributed by atoms with Gasteiger partial charge in [-0.25, -0.2) is 9.98 Å². The van der Waals surface area contributed by atoms with Crippen molar-refractivity contribution in [2.24, 2.45) is 4.99 Å². The maximum atomic E-state index is 5.55. The van der Waals surface area contributed by atoms with Crippen LogP contribution in [0.2, 0.25) is 0 Å². The van der Waals surface area contributed by atoms with E-state index in [1.165, 1.54) is 5.56 Å². The molecule has 1 saturated heterocycles. The predicted octanol–water partition coefficient (Wildman–Crippen LogP) is 4.11. The number of fused-ring (bicyclic) bond motifs is 2. The lowest BCUT2D eigenvalue weighted by molar-refractivity contribution is 0.288. The molecule has 0 spiro atoms. The highest BCUT2D eigenvalue weighted by Gasteiger charge is 2.29. The Hall–Kier alpha value is -2.90. The van der Waals surface area contributed by atoms with Crippen LogP contribution in [0.5, 0.6) is 5.75 Å². The van der Waals surface area contributed by atoms with Crippen LogP contribution >= 0.6 is 11.3 Å². The molecule has 2 aliphatic rings. The average Bonchev–Trinajstić information content (AvgIpc) is 3.05. The van der Waals surface area contributed by atoms with Crippen molar-refractivity contribution in [3.05, 3.63) is 64.8 Å². The molecule has 3 aromatic rings. The SMILES string of the molecule is COc1ccccc1C[C@H]1CN(C2=Nc3ccccc3Nc3sc(C)nc32)CCN1. The Bertz CT molecular complexity index is 1090. The molecule has 6 nitrogen and oxygen atoms in total. The first-order valence-electron chi connectivity index (χ1n) is 10.2. The van der Waals surface area contributed by atoms with Gasteiger partial charge in [-0.2, -0.15) is 0 Å². The van der Waals surface area contributed by atoms with Crippen LogP contribution in [0.3, 0.4) is 0 Å². The average molecular weight is 420 g/mol. The summed E-state index contributed by atoms with van der Waals surface area (Å²) in [5, 5.41) is 9.32. The molecule has 7 heteroatoms. The molecule has 154 valence electrons. The number of aromatic nitrogens is 1. The number of nitrogens with zero attached hydrogens (tertiary/aromatic N) is 3. The van der Waals surface area contributed by atoms with Crippen molar-refractivity contribution in [3.8, 4) is 5.75 Å². The van der Waals surface area contributed by atoms with Crippen LogP contribution in [-0.4, -0.2) is 48.5 Å². The van der Waals surface area contributed by atoms with E-state index < -0.39 is 0 Å². The Morgan fingerprint density at radius 3 is 2.90 bits per heavy atom. The van der Waals surface area contributed by atoms with Crippen LogP contribution in [0.25, 0.3) is 0 Å². The number of methoxy groups -OCH3 is 1.